The summed E-state index contributed by atoms with van der Waals surface area (Å²) in [5.41, 5.74) is 3.08. The zero-order chi connectivity index (χ0) is 19.9. The van der Waals surface area contributed by atoms with Gasteiger partial charge in [0.1, 0.15) is 0 Å². The van der Waals surface area contributed by atoms with E-state index in [9.17, 15) is 4.79 Å². The average molecular weight is 382 g/mol. The van der Waals surface area contributed by atoms with Crippen LogP contribution in [-0.4, -0.2) is 63.8 Å². The fourth-order valence-electron chi connectivity index (χ4n) is 3.36. The molecule has 0 aliphatic carbocycles. The first-order valence-electron chi connectivity index (χ1n) is 9.90. The van der Waals surface area contributed by atoms with Crippen LogP contribution in [0.5, 0.6) is 0 Å². The predicted octanol–water partition coefficient (Wildman–Crippen LogP) is 3.08. The Morgan fingerprint density at radius 2 is 1.68 bits per heavy atom. The maximum Gasteiger partial charge on any atom is 0.319 e. The van der Waals surface area contributed by atoms with Crippen molar-refractivity contribution in [1.82, 2.24) is 10.2 Å². The molecule has 2 amide bonds. The number of nitrogens with one attached hydrogen (secondary N) is 2. The minimum Gasteiger partial charge on any atom is -0.370 e. The maximum atomic E-state index is 12.5. The second-order valence-corrected chi connectivity index (χ2v) is 7.44. The smallest absolute Gasteiger partial charge is 0.319 e. The average Bonchev–Trinajstić information content (AvgIpc) is 2.73. The van der Waals surface area contributed by atoms with Gasteiger partial charge < -0.3 is 25.3 Å². The molecule has 1 aliphatic heterocycles. The van der Waals surface area contributed by atoms with E-state index in [1.807, 2.05) is 43.4 Å². The van der Waals surface area contributed by atoms with Gasteiger partial charge in [-0.15, -0.1) is 0 Å². The Morgan fingerprint density at radius 3 is 2.39 bits per heavy atom. The summed E-state index contributed by atoms with van der Waals surface area (Å²) < 4.78 is 0. The van der Waals surface area contributed by atoms with Crippen LogP contribution in [0.15, 0.2) is 54.6 Å². The van der Waals surface area contributed by atoms with Crippen LogP contribution in [-0.2, 0) is 0 Å². The number of piperazine rings is 1. The number of rotatable bonds is 6. The summed E-state index contributed by atoms with van der Waals surface area (Å²) in [6, 6.07) is 18.2. The molecule has 2 aromatic rings. The summed E-state index contributed by atoms with van der Waals surface area (Å²) in [6.45, 7) is 6.67. The van der Waals surface area contributed by atoms with Crippen LogP contribution < -0.4 is 20.4 Å². The number of likely N-dealkylation sites (N-methyl/N-ethyl adjacent to an activating group) is 2. The first kappa shape index (κ1) is 20.0. The highest BCUT2D eigenvalue weighted by molar-refractivity contribution is 5.93. The zero-order valence-corrected chi connectivity index (χ0v) is 17.1. The van der Waals surface area contributed by atoms with Crippen molar-refractivity contribution in [3.63, 3.8) is 0 Å². The second kappa shape index (κ2) is 9.46. The van der Waals surface area contributed by atoms with Crippen molar-refractivity contribution in [3.8, 4) is 0 Å². The van der Waals surface area contributed by atoms with Crippen LogP contribution in [0.2, 0.25) is 0 Å². The van der Waals surface area contributed by atoms with Gasteiger partial charge in [0.2, 0.25) is 0 Å². The summed E-state index contributed by atoms with van der Waals surface area (Å²) in [6.07, 6.45) is 0. The molecule has 1 atom stereocenters. The number of carbonyl (C=O) groups excluding carboxylic acids is 1. The number of urea groups is 1. The molecule has 1 heterocycles. The van der Waals surface area contributed by atoms with Crippen LogP contribution in [0.1, 0.15) is 6.92 Å². The lowest BCUT2D eigenvalue weighted by Crippen LogP contribution is -2.45. The molecule has 6 nitrogen and oxygen atoms in total. The van der Waals surface area contributed by atoms with Crippen molar-refractivity contribution in [2.75, 3.05) is 61.9 Å². The molecule has 0 aromatic heterocycles. The molecule has 0 radical (unpaired) electrons. The Hall–Kier alpha value is -2.73. The Kier molecular flexibility index (Phi) is 6.76. The minimum atomic E-state index is -0.171. The van der Waals surface area contributed by atoms with E-state index in [0.717, 1.165) is 43.2 Å². The number of nitrogens with zero attached hydrogens (tertiary/aromatic N) is 3. The molecular weight excluding hydrogens is 350 g/mol. The molecule has 1 aliphatic rings. The highest BCUT2D eigenvalue weighted by Crippen LogP contribution is 2.26. The van der Waals surface area contributed by atoms with E-state index in [0.29, 0.717) is 6.54 Å². The van der Waals surface area contributed by atoms with E-state index in [1.54, 1.807) is 0 Å². The molecule has 2 N–H and O–H groups in total. The number of amides is 2. The Morgan fingerprint density at radius 1 is 1.04 bits per heavy atom. The number of anilines is 3. The third kappa shape index (κ3) is 5.16. The molecule has 0 saturated carbocycles. The summed E-state index contributed by atoms with van der Waals surface area (Å²) in [5, 5.41) is 6.03. The van der Waals surface area contributed by atoms with Crippen molar-refractivity contribution in [3.05, 3.63) is 54.6 Å². The highest BCUT2D eigenvalue weighted by Gasteiger charge is 2.18. The summed E-state index contributed by atoms with van der Waals surface area (Å²) in [7, 11) is 4.19. The third-order valence-corrected chi connectivity index (χ3v) is 5.38. The maximum absolute atomic E-state index is 12.5. The molecule has 28 heavy (non-hydrogen) atoms. The van der Waals surface area contributed by atoms with Gasteiger partial charge in [-0.2, -0.15) is 0 Å². The number of hydrogen-bond acceptors (Lipinski definition) is 4. The van der Waals surface area contributed by atoms with Crippen LogP contribution >= 0.6 is 0 Å². The number of carbonyl (C=O) groups is 1. The predicted molar refractivity (Wildman–Crippen MR) is 117 cm³/mol. The fraction of sp³-hybridized carbons (Fsp3) is 0.409. The minimum absolute atomic E-state index is 0.171. The largest absolute Gasteiger partial charge is 0.370 e. The lowest BCUT2D eigenvalue weighted by Gasteiger charge is -2.35. The van der Waals surface area contributed by atoms with E-state index < -0.39 is 0 Å². The van der Waals surface area contributed by atoms with Crippen molar-refractivity contribution in [1.29, 1.82) is 0 Å². The van der Waals surface area contributed by atoms with Gasteiger partial charge in [-0.1, -0.05) is 30.3 Å². The molecule has 1 fully saturated rings. The van der Waals surface area contributed by atoms with E-state index in [4.69, 9.17) is 0 Å². The lowest BCUT2D eigenvalue weighted by molar-refractivity contribution is 0.251. The molecule has 150 valence electrons. The Labute approximate surface area is 168 Å². The van der Waals surface area contributed by atoms with Gasteiger partial charge in [0.05, 0.1) is 11.4 Å². The second-order valence-electron chi connectivity index (χ2n) is 7.44. The van der Waals surface area contributed by atoms with Gasteiger partial charge in [-0.3, -0.25) is 0 Å². The van der Waals surface area contributed by atoms with E-state index in [1.165, 1.54) is 0 Å². The highest BCUT2D eigenvalue weighted by atomic mass is 16.2. The molecule has 6 heteroatoms. The van der Waals surface area contributed by atoms with Gasteiger partial charge in [-0.05, 0) is 38.2 Å². The summed E-state index contributed by atoms with van der Waals surface area (Å²) in [5.74, 6) is 0. The van der Waals surface area contributed by atoms with Gasteiger partial charge in [0, 0.05) is 51.5 Å². The van der Waals surface area contributed by atoms with E-state index >= 15 is 0 Å². The van der Waals surface area contributed by atoms with E-state index in [-0.39, 0.29) is 12.1 Å². The summed E-state index contributed by atoms with van der Waals surface area (Å²) >= 11 is 0. The number of hydrogen-bond donors (Lipinski definition) is 2. The molecular formula is C22H31N5O. The molecule has 0 unspecified atom stereocenters. The van der Waals surface area contributed by atoms with Gasteiger partial charge in [0.15, 0.2) is 0 Å². The molecule has 0 spiro atoms. The quantitative estimate of drug-likeness (QED) is 0.807. The zero-order valence-electron chi connectivity index (χ0n) is 17.1. The topological polar surface area (TPSA) is 50.9 Å². The standard InChI is InChI=1S/C22H31N5O/c1-18(26(3)19-9-5-4-6-10-19)17-23-22(28)24-20-11-7-8-12-21(20)27-15-13-25(2)14-16-27/h4-12,18H,13-17H2,1-3H3,(H2,23,24,28)/t18-/m0/s1. The van der Waals surface area contributed by atoms with Gasteiger partial charge >= 0.3 is 6.03 Å². The van der Waals surface area contributed by atoms with Gasteiger partial charge in [-0.25, -0.2) is 4.79 Å². The SMILES string of the molecule is C[C@@H](CNC(=O)Nc1ccccc1N1CCN(C)CC1)N(C)c1ccccc1. The molecule has 3 rings (SSSR count). The normalized spacial score (nSPS) is 15.8. The van der Waals surface area contributed by atoms with Crippen LogP contribution in [0, 0.1) is 0 Å². The molecule has 0 bridgehead atoms. The Bertz CT molecular complexity index is 759. The van der Waals surface area contributed by atoms with Crippen molar-refractivity contribution in [2.45, 2.75) is 13.0 Å². The molecule has 2 aromatic carbocycles. The fourth-order valence-corrected chi connectivity index (χ4v) is 3.36. The van der Waals surface area contributed by atoms with Crippen molar-refractivity contribution >= 4 is 23.1 Å². The third-order valence-electron chi connectivity index (χ3n) is 5.38. The monoisotopic (exact) mass is 381 g/mol. The summed E-state index contributed by atoms with van der Waals surface area (Å²) in [4.78, 5) is 19.3. The van der Waals surface area contributed by atoms with Crippen LogP contribution in [0.4, 0.5) is 21.9 Å². The van der Waals surface area contributed by atoms with E-state index in [2.05, 4.69) is 57.5 Å². The number of benzene rings is 2. The first-order chi connectivity index (χ1) is 13.5. The lowest BCUT2D eigenvalue weighted by atomic mass is 10.2. The number of para-hydroxylation sites is 3. The first-order valence-corrected chi connectivity index (χ1v) is 9.90. The van der Waals surface area contributed by atoms with Crippen LogP contribution in [0.25, 0.3) is 0 Å². The van der Waals surface area contributed by atoms with Crippen LogP contribution in [0.3, 0.4) is 0 Å². The van der Waals surface area contributed by atoms with Crippen molar-refractivity contribution < 1.29 is 4.79 Å². The Balaban J connectivity index is 1.55. The van der Waals surface area contributed by atoms with Gasteiger partial charge in [0.25, 0.3) is 0 Å². The van der Waals surface area contributed by atoms with Crippen molar-refractivity contribution in [2.24, 2.45) is 0 Å². The molecule has 1 saturated heterocycles.